The van der Waals surface area contributed by atoms with E-state index in [-0.39, 0.29) is 39.8 Å². The lowest BCUT2D eigenvalue weighted by molar-refractivity contribution is -0.140. The van der Waals surface area contributed by atoms with Crippen LogP contribution in [0.5, 0.6) is 11.5 Å². The van der Waals surface area contributed by atoms with Crippen molar-refractivity contribution in [2.24, 2.45) is 0 Å². The number of halogens is 4. The molecule has 1 fully saturated rings. The fourth-order valence-corrected chi connectivity index (χ4v) is 4.25. The van der Waals surface area contributed by atoms with Gasteiger partial charge in [-0.05, 0) is 53.6 Å². The summed E-state index contributed by atoms with van der Waals surface area (Å²) < 4.78 is 44.8. The van der Waals surface area contributed by atoms with Gasteiger partial charge >= 0.3 is 6.18 Å². The van der Waals surface area contributed by atoms with Gasteiger partial charge in [-0.25, -0.2) is 0 Å². The first-order valence-corrected chi connectivity index (χ1v) is 11.0. The molecule has 4 rings (SSSR count). The normalized spacial score (nSPS) is 17.5. The number of likely N-dealkylation sites (tertiary alicyclic amines) is 1. The van der Waals surface area contributed by atoms with Crippen molar-refractivity contribution in [3.05, 3.63) is 99.6 Å². The Balaban J connectivity index is 1.85. The van der Waals surface area contributed by atoms with E-state index in [1.54, 1.807) is 0 Å². The molecule has 36 heavy (non-hydrogen) atoms. The summed E-state index contributed by atoms with van der Waals surface area (Å²) in [5.41, 5.74) is -0.504. The number of aliphatic hydroxyl groups is 1. The van der Waals surface area contributed by atoms with E-state index in [1.165, 1.54) is 61.7 Å². The average molecular weight is 518 g/mol. The third-order valence-corrected chi connectivity index (χ3v) is 6.09. The topological polar surface area (TPSA) is 87.1 Å². The van der Waals surface area contributed by atoms with Crippen LogP contribution in [0, 0.1) is 0 Å². The molecule has 0 bridgehead atoms. The first kappa shape index (κ1) is 25.1. The number of Topliss-reactive ketones (excluding diaryl/α,β-unsaturated/α-hetero) is 1. The Hall–Kier alpha value is -3.98. The number of ether oxygens (including phenoxy) is 1. The number of aromatic hydroxyl groups is 1. The highest BCUT2D eigenvalue weighted by atomic mass is 35.5. The molecule has 1 heterocycles. The number of phenolic OH excluding ortho intramolecular Hbond substituents is 1. The molecular weight excluding hydrogens is 499 g/mol. The van der Waals surface area contributed by atoms with Crippen molar-refractivity contribution in [3.8, 4) is 11.5 Å². The van der Waals surface area contributed by atoms with Gasteiger partial charge in [0.15, 0.2) is 0 Å². The quantitative estimate of drug-likeness (QED) is 0.258. The van der Waals surface area contributed by atoms with Gasteiger partial charge in [0.05, 0.1) is 29.3 Å². The van der Waals surface area contributed by atoms with Gasteiger partial charge in [-0.1, -0.05) is 35.9 Å². The molecule has 1 aliphatic heterocycles. The van der Waals surface area contributed by atoms with Gasteiger partial charge in [0, 0.05) is 12.1 Å². The number of nitrogens with zero attached hydrogens (tertiary/aromatic N) is 1. The van der Waals surface area contributed by atoms with Crippen molar-refractivity contribution >= 4 is 29.1 Å². The maximum atomic E-state index is 13.2. The second-order valence-electron chi connectivity index (χ2n) is 8.07. The number of hydrogen-bond acceptors (Lipinski definition) is 5. The molecular formula is C26H19ClF3NO5. The molecule has 1 aliphatic rings. The van der Waals surface area contributed by atoms with Crippen LogP contribution in [0.15, 0.2) is 72.3 Å². The van der Waals surface area contributed by atoms with E-state index in [0.717, 1.165) is 17.0 Å². The Labute approximate surface area is 208 Å². The van der Waals surface area contributed by atoms with Crippen LogP contribution in [0.3, 0.4) is 0 Å². The molecule has 1 amide bonds. The maximum absolute atomic E-state index is 13.2. The van der Waals surface area contributed by atoms with Crippen molar-refractivity contribution in [1.82, 2.24) is 4.90 Å². The van der Waals surface area contributed by atoms with Crippen LogP contribution in [-0.2, 0) is 22.3 Å². The van der Waals surface area contributed by atoms with Gasteiger partial charge < -0.3 is 19.8 Å². The number of carbonyl (C=O) groups is 2. The molecule has 1 unspecified atom stereocenters. The molecule has 1 atom stereocenters. The zero-order valence-corrected chi connectivity index (χ0v) is 19.5. The summed E-state index contributed by atoms with van der Waals surface area (Å²) in [4.78, 5) is 27.3. The largest absolute Gasteiger partial charge is 0.508 e. The minimum atomic E-state index is -4.59. The SMILES string of the molecule is COc1cc(/C(O)=C2\C(=O)C(=O)N(Cc3cccc(C(F)(F)F)c3)C2c2ccc(O)cc2)ccc1Cl. The molecule has 6 nitrogen and oxygen atoms in total. The fraction of sp³-hybridized carbons (Fsp3) is 0.154. The van der Waals surface area contributed by atoms with E-state index in [1.807, 2.05) is 0 Å². The molecule has 3 aromatic carbocycles. The summed E-state index contributed by atoms with van der Waals surface area (Å²) in [5.74, 6) is -2.36. The number of methoxy groups -OCH3 is 1. The van der Waals surface area contributed by atoms with Gasteiger partial charge in [-0.3, -0.25) is 9.59 Å². The second-order valence-corrected chi connectivity index (χ2v) is 8.47. The van der Waals surface area contributed by atoms with Crippen LogP contribution in [0.4, 0.5) is 13.2 Å². The van der Waals surface area contributed by atoms with E-state index in [0.29, 0.717) is 5.56 Å². The number of hydrogen-bond donors (Lipinski definition) is 2. The Morgan fingerprint density at radius 1 is 1.06 bits per heavy atom. The van der Waals surface area contributed by atoms with Crippen molar-refractivity contribution in [3.63, 3.8) is 0 Å². The minimum Gasteiger partial charge on any atom is -0.508 e. The van der Waals surface area contributed by atoms with E-state index < -0.39 is 35.2 Å². The van der Waals surface area contributed by atoms with Crippen molar-refractivity contribution < 1.29 is 37.7 Å². The summed E-state index contributed by atoms with van der Waals surface area (Å²) >= 11 is 6.05. The molecule has 2 N–H and O–H groups in total. The van der Waals surface area contributed by atoms with E-state index >= 15 is 0 Å². The molecule has 10 heteroatoms. The van der Waals surface area contributed by atoms with Gasteiger partial charge in [-0.2, -0.15) is 13.2 Å². The molecule has 1 saturated heterocycles. The fourth-order valence-electron chi connectivity index (χ4n) is 4.05. The van der Waals surface area contributed by atoms with Crippen LogP contribution >= 0.6 is 11.6 Å². The lowest BCUT2D eigenvalue weighted by Gasteiger charge is -2.26. The molecule has 0 aromatic heterocycles. The number of alkyl halides is 3. The minimum absolute atomic E-state index is 0.0731. The van der Waals surface area contributed by atoms with Crippen molar-refractivity contribution in [2.75, 3.05) is 7.11 Å². The average Bonchev–Trinajstić information content (AvgIpc) is 3.09. The molecule has 3 aromatic rings. The van der Waals surface area contributed by atoms with E-state index in [2.05, 4.69) is 0 Å². The number of carbonyl (C=O) groups excluding carboxylic acids is 2. The Bertz CT molecular complexity index is 1370. The number of phenols is 1. The van der Waals surface area contributed by atoms with Crippen molar-refractivity contribution in [2.45, 2.75) is 18.8 Å². The van der Waals surface area contributed by atoms with Gasteiger partial charge in [0.25, 0.3) is 11.7 Å². The molecule has 186 valence electrons. The Morgan fingerprint density at radius 2 is 1.75 bits per heavy atom. The molecule has 0 spiro atoms. The first-order chi connectivity index (χ1) is 17.0. The zero-order valence-electron chi connectivity index (χ0n) is 18.7. The zero-order chi connectivity index (χ0) is 26.2. The number of aliphatic hydroxyl groups excluding tert-OH is 1. The summed E-state index contributed by atoms with van der Waals surface area (Å²) in [7, 11) is 1.37. The number of ketones is 1. The van der Waals surface area contributed by atoms with Crippen molar-refractivity contribution in [1.29, 1.82) is 0 Å². The molecule has 0 saturated carbocycles. The smallest absolute Gasteiger partial charge is 0.416 e. The summed E-state index contributed by atoms with van der Waals surface area (Å²) in [6.07, 6.45) is -4.59. The number of rotatable bonds is 5. The van der Waals surface area contributed by atoms with E-state index in [4.69, 9.17) is 16.3 Å². The van der Waals surface area contributed by atoms with Crippen LogP contribution < -0.4 is 4.74 Å². The van der Waals surface area contributed by atoms with Gasteiger partial charge in [-0.15, -0.1) is 0 Å². The van der Waals surface area contributed by atoms with Crippen LogP contribution in [0.25, 0.3) is 5.76 Å². The van der Waals surface area contributed by atoms with E-state index in [9.17, 15) is 33.0 Å². The third-order valence-electron chi connectivity index (χ3n) is 5.78. The summed E-state index contributed by atoms with van der Waals surface area (Å²) in [5, 5.41) is 21.1. The standard InChI is InChI=1S/C26H19ClF3NO5/c1-36-20-12-16(7-10-19(20)27)23(33)21-22(15-5-8-18(32)9-6-15)31(25(35)24(21)34)13-14-3-2-4-17(11-14)26(28,29)30/h2-12,22,32-33H,13H2,1H3/b23-21+. The van der Waals surface area contributed by atoms with Gasteiger partial charge in [0.1, 0.15) is 17.3 Å². The highest BCUT2D eigenvalue weighted by molar-refractivity contribution is 6.46. The monoisotopic (exact) mass is 517 g/mol. The maximum Gasteiger partial charge on any atom is 0.416 e. The molecule has 0 aliphatic carbocycles. The Kier molecular flexibility index (Phi) is 6.69. The number of amides is 1. The highest BCUT2D eigenvalue weighted by Gasteiger charge is 2.46. The summed E-state index contributed by atoms with van der Waals surface area (Å²) in [6, 6.07) is 13.2. The molecule has 0 radical (unpaired) electrons. The second kappa shape index (κ2) is 9.58. The predicted molar refractivity (Wildman–Crippen MR) is 125 cm³/mol. The van der Waals surface area contributed by atoms with Gasteiger partial charge in [0.2, 0.25) is 0 Å². The lowest BCUT2D eigenvalue weighted by Crippen LogP contribution is -2.29. The number of benzene rings is 3. The third kappa shape index (κ3) is 4.74. The lowest BCUT2D eigenvalue weighted by atomic mass is 9.95. The summed E-state index contributed by atoms with van der Waals surface area (Å²) in [6.45, 7) is -0.333. The Morgan fingerprint density at radius 3 is 2.39 bits per heavy atom. The first-order valence-electron chi connectivity index (χ1n) is 10.6. The highest BCUT2D eigenvalue weighted by Crippen LogP contribution is 2.42. The van der Waals surface area contributed by atoms with Crippen LogP contribution in [0.2, 0.25) is 5.02 Å². The van der Waals surface area contributed by atoms with Crippen LogP contribution in [-0.4, -0.2) is 33.9 Å². The van der Waals surface area contributed by atoms with Crippen LogP contribution in [0.1, 0.15) is 28.3 Å². The predicted octanol–water partition coefficient (Wildman–Crippen LogP) is 5.69.